The molecule has 2 heterocycles. The summed E-state index contributed by atoms with van der Waals surface area (Å²) < 4.78 is 29.0. The Balaban J connectivity index is 1.59. The van der Waals surface area contributed by atoms with E-state index < -0.39 is 10.0 Å². The maximum Gasteiger partial charge on any atom is 0.263 e. The number of carbonyl (C=O) groups excluding carboxylic acids is 1. The topological polar surface area (TPSA) is 88.5 Å². The van der Waals surface area contributed by atoms with Crippen LogP contribution in [-0.2, 0) is 17.1 Å². The van der Waals surface area contributed by atoms with E-state index in [1.54, 1.807) is 24.2 Å². The van der Waals surface area contributed by atoms with Gasteiger partial charge in [0.05, 0.1) is 5.02 Å². The number of carbonyl (C=O) groups is 1. The van der Waals surface area contributed by atoms with Gasteiger partial charge in [0, 0.05) is 37.9 Å². The van der Waals surface area contributed by atoms with Gasteiger partial charge in [-0.25, -0.2) is 13.1 Å². The number of hydrogen-bond donors (Lipinski definition) is 1. The highest BCUT2D eigenvalue weighted by atomic mass is 35.5. The molecule has 0 radical (unpaired) electrons. The number of likely N-dealkylation sites (tertiary alicyclic amines) is 1. The third-order valence-electron chi connectivity index (χ3n) is 5.00. The molecule has 0 saturated carbocycles. The molecule has 10 heteroatoms. The highest BCUT2D eigenvalue weighted by Gasteiger charge is 2.27. The first-order chi connectivity index (χ1) is 13.7. The van der Waals surface area contributed by atoms with Gasteiger partial charge in [-0.05, 0) is 49.1 Å². The minimum Gasteiger partial charge on any atom is -0.338 e. The van der Waals surface area contributed by atoms with Gasteiger partial charge in [0.25, 0.3) is 11.5 Å². The molecular weight excluding hydrogens is 437 g/mol. The van der Waals surface area contributed by atoms with E-state index in [0.717, 1.165) is 0 Å². The summed E-state index contributed by atoms with van der Waals surface area (Å²) in [5.41, 5.74) is -0.185. The fourth-order valence-electron chi connectivity index (χ4n) is 3.26. The van der Waals surface area contributed by atoms with Crippen LogP contribution in [0.25, 0.3) is 0 Å². The number of nitrogens with zero attached hydrogens (tertiary/aromatic N) is 2. The van der Waals surface area contributed by atoms with Crippen molar-refractivity contribution in [1.82, 2.24) is 14.2 Å². The number of piperidine rings is 1. The second kappa shape index (κ2) is 8.87. The third kappa shape index (κ3) is 5.01. The molecule has 1 N–H and O–H groups in total. The van der Waals surface area contributed by atoms with Crippen molar-refractivity contribution in [3.05, 3.63) is 62.5 Å². The molecule has 7 nitrogen and oxygen atoms in total. The molecule has 1 aliphatic heterocycles. The van der Waals surface area contributed by atoms with Crippen molar-refractivity contribution >= 4 is 39.1 Å². The van der Waals surface area contributed by atoms with Gasteiger partial charge in [-0.2, -0.15) is 0 Å². The Morgan fingerprint density at radius 2 is 1.90 bits per heavy atom. The number of aromatic nitrogens is 1. The highest BCUT2D eigenvalue weighted by Crippen LogP contribution is 2.25. The zero-order chi connectivity index (χ0) is 21.2. The van der Waals surface area contributed by atoms with E-state index in [9.17, 15) is 18.0 Å². The number of rotatable bonds is 5. The number of amides is 1. The van der Waals surface area contributed by atoms with E-state index in [1.807, 2.05) is 0 Å². The molecule has 1 aromatic carbocycles. The van der Waals surface area contributed by atoms with Crippen molar-refractivity contribution in [3.8, 4) is 0 Å². The minimum absolute atomic E-state index is 0.0563. The molecule has 29 heavy (non-hydrogen) atoms. The van der Waals surface area contributed by atoms with Gasteiger partial charge in [-0.15, -0.1) is 0 Å². The normalized spacial score (nSPS) is 15.5. The third-order valence-corrected chi connectivity index (χ3v) is 7.14. The lowest BCUT2D eigenvalue weighted by Gasteiger charge is -2.32. The summed E-state index contributed by atoms with van der Waals surface area (Å²) in [7, 11) is -2.19. The largest absolute Gasteiger partial charge is 0.338 e. The second-order valence-corrected chi connectivity index (χ2v) is 9.58. The van der Waals surface area contributed by atoms with Gasteiger partial charge in [0.15, 0.2) is 0 Å². The first kappa shape index (κ1) is 21.8. The molecule has 0 spiro atoms. The van der Waals surface area contributed by atoms with E-state index in [1.165, 1.54) is 28.8 Å². The molecule has 1 saturated heterocycles. The number of sulfonamides is 1. The first-order valence-corrected chi connectivity index (χ1v) is 11.3. The number of halogens is 2. The maximum absolute atomic E-state index is 12.6. The Hall–Kier alpha value is -1.87. The molecule has 0 aliphatic carbocycles. The van der Waals surface area contributed by atoms with Gasteiger partial charge >= 0.3 is 0 Å². The van der Waals surface area contributed by atoms with Gasteiger partial charge < -0.3 is 9.47 Å². The summed E-state index contributed by atoms with van der Waals surface area (Å²) in [5, 5.41) is 0.389. The molecule has 3 rings (SSSR count). The van der Waals surface area contributed by atoms with E-state index in [0.29, 0.717) is 25.9 Å². The van der Waals surface area contributed by atoms with Crippen molar-refractivity contribution in [2.24, 2.45) is 13.0 Å². The molecule has 1 amide bonds. The van der Waals surface area contributed by atoms with Crippen molar-refractivity contribution in [1.29, 1.82) is 0 Å². The van der Waals surface area contributed by atoms with Gasteiger partial charge in [-0.1, -0.05) is 23.2 Å². The van der Waals surface area contributed by atoms with Crippen molar-refractivity contribution < 1.29 is 13.2 Å². The number of nitrogens with one attached hydrogen (secondary N) is 1. The van der Waals surface area contributed by atoms with Crippen LogP contribution in [0.5, 0.6) is 0 Å². The van der Waals surface area contributed by atoms with Crippen molar-refractivity contribution in [3.63, 3.8) is 0 Å². The summed E-state index contributed by atoms with van der Waals surface area (Å²) in [5.74, 6) is -0.221. The van der Waals surface area contributed by atoms with Crippen LogP contribution >= 0.6 is 23.2 Å². The van der Waals surface area contributed by atoms with E-state index in [4.69, 9.17) is 23.2 Å². The maximum atomic E-state index is 12.6. The summed E-state index contributed by atoms with van der Waals surface area (Å²) in [6.45, 7) is 1.16. The van der Waals surface area contributed by atoms with Crippen LogP contribution in [0.1, 0.15) is 23.2 Å². The summed E-state index contributed by atoms with van der Waals surface area (Å²) in [6, 6.07) is 7.47. The van der Waals surface area contributed by atoms with Crippen molar-refractivity contribution in [2.45, 2.75) is 17.7 Å². The van der Waals surface area contributed by atoms with Crippen molar-refractivity contribution in [2.75, 3.05) is 19.6 Å². The fraction of sp³-hybridized carbons (Fsp3) is 0.368. The van der Waals surface area contributed by atoms with Crippen LogP contribution in [0.15, 0.2) is 46.2 Å². The summed E-state index contributed by atoms with van der Waals surface area (Å²) in [4.78, 5) is 26.3. The summed E-state index contributed by atoms with van der Waals surface area (Å²) in [6.07, 6.45) is 2.86. The molecule has 0 unspecified atom stereocenters. The van der Waals surface area contributed by atoms with Gasteiger partial charge in [0.2, 0.25) is 10.0 Å². The number of benzene rings is 1. The predicted molar refractivity (Wildman–Crippen MR) is 112 cm³/mol. The van der Waals surface area contributed by atoms with Crippen LogP contribution in [0, 0.1) is 5.92 Å². The lowest BCUT2D eigenvalue weighted by Crippen LogP contribution is -2.43. The molecule has 156 valence electrons. The SMILES string of the molecule is Cn1cccc(C(=O)N2CCC(CNS(=O)(=O)c3cc(Cl)ccc3Cl)CC2)c1=O. The van der Waals surface area contributed by atoms with E-state index in [-0.39, 0.29) is 44.4 Å². The Morgan fingerprint density at radius 1 is 1.21 bits per heavy atom. The average Bonchev–Trinajstić information content (AvgIpc) is 2.70. The lowest BCUT2D eigenvalue weighted by atomic mass is 9.97. The molecular formula is C19H21Cl2N3O4S. The van der Waals surface area contributed by atoms with Crippen LogP contribution in [0.2, 0.25) is 10.0 Å². The quantitative estimate of drug-likeness (QED) is 0.746. The van der Waals surface area contributed by atoms with Gasteiger partial charge in [-0.3, -0.25) is 9.59 Å². The Kier molecular flexibility index (Phi) is 6.68. The van der Waals surface area contributed by atoms with Crippen LogP contribution < -0.4 is 10.3 Å². The predicted octanol–water partition coefficient (Wildman–Crippen LogP) is 2.52. The first-order valence-electron chi connectivity index (χ1n) is 9.08. The standard InChI is InChI=1S/C19H21Cl2N3O4S/c1-23-8-2-3-15(18(23)25)19(26)24-9-6-13(7-10-24)12-22-29(27,28)17-11-14(20)4-5-16(17)21/h2-5,8,11,13,22H,6-7,9-10,12H2,1H3. The zero-order valence-electron chi connectivity index (χ0n) is 15.8. The monoisotopic (exact) mass is 457 g/mol. The van der Waals surface area contributed by atoms with Gasteiger partial charge in [0.1, 0.15) is 10.5 Å². The molecule has 0 atom stereocenters. The lowest BCUT2D eigenvalue weighted by molar-refractivity contribution is 0.0689. The minimum atomic E-state index is -3.79. The fourth-order valence-corrected chi connectivity index (χ4v) is 5.14. The smallest absolute Gasteiger partial charge is 0.263 e. The van der Waals surface area contributed by atoms with Crippen LogP contribution in [0.4, 0.5) is 0 Å². The van der Waals surface area contributed by atoms with Crippen LogP contribution in [0.3, 0.4) is 0 Å². The number of hydrogen-bond acceptors (Lipinski definition) is 4. The molecule has 1 fully saturated rings. The molecule has 1 aliphatic rings. The Bertz CT molecular complexity index is 1080. The second-order valence-electron chi connectivity index (χ2n) is 7.00. The molecule has 2 aromatic rings. The Morgan fingerprint density at radius 3 is 2.59 bits per heavy atom. The number of aryl methyl sites for hydroxylation is 1. The summed E-state index contributed by atoms with van der Waals surface area (Å²) >= 11 is 11.9. The number of pyridine rings is 1. The molecule has 0 bridgehead atoms. The molecule has 1 aromatic heterocycles. The zero-order valence-corrected chi connectivity index (χ0v) is 18.1. The van der Waals surface area contributed by atoms with Crippen LogP contribution in [-0.4, -0.2) is 43.4 Å². The highest BCUT2D eigenvalue weighted by molar-refractivity contribution is 7.89. The Labute approximate surface area is 179 Å². The average molecular weight is 458 g/mol. The van der Waals surface area contributed by atoms with E-state index in [2.05, 4.69) is 4.72 Å². The van der Waals surface area contributed by atoms with E-state index >= 15 is 0 Å².